The lowest BCUT2D eigenvalue weighted by Gasteiger charge is -2.43. The summed E-state index contributed by atoms with van der Waals surface area (Å²) in [5.41, 5.74) is 0. The summed E-state index contributed by atoms with van der Waals surface area (Å²) < 4.78 is 22.2. The average Bonchev–Trinajstić information content (AvgIpc) is 2.41. The Kier molecular flexibility index (Phi) is 7.11. The molecule has 1 heterocycles. The summed E-state index contributed by atoms with van der Waals surface area (Å²) in [6, 6.07) is 0. The third kappa shape index (κ3) is 4.97. The van der Waals surface area contributed by atoms with Crippen LogP contribution >= 0.6 is 0 Å². The molecule has 0 saturated carbocycles. The SMILES string of the molecule is CCCO[C@@H]1O[C@H](CC)[C@@H](C)[C@H](OC(C)=O)[C@H]1OC(C)=O. The molecule has 0 amide bonds. The molecule has 0 N–H and O–H groups in total. The fourth-order valence-electron chi connectivity index (χ4n) is 2.56. The number of ether oxygens (including phenoxy) is 4. The summed E-state index contributed by atoms with van der Waals surface area (Å²) in [6.45, 7) is 9.05. The van der Waals surface area contributed by atoms with Gasteiger partial charge in [-0.25, -0.2) is 0 Å². The minimum Gasteiger partial charge on any atom is -0.458 e. The van der Waals surface area contributed by atoms with E-state index in [2.05, 4.69) is 0 Å². The van der Waals surface area contributed by atoms with E-state index in [4.69, 9.17) is 18.9 Å². The van der Waals surface area contributed by atoms with Crippen molar-refractivity contribution in [3.8, 4) is 0 Å². The number of hydrogen-bond donors (Lipinski definition) is 0. The van der Waals surface area contributed by atoms with Crippen molar-refractivity contribution in [1.82, 2.24) is 0 Å². The van der Waals surface area contributed by atoms with Crippen molar-refractivity contribution in [3.05, 3.63) is 0 Å². The summed E-state index contributed by atoms with van der Waals surface area (Å²) in [5, 5.41) is 0. The Morgan fingerprint density at radius 3 is 2.10 bits per heavy atom. The first kappa shape index (κ1) is 17.9. The van der Waals surface area contributed by atoms with Crippen LogP contribution in [0.5, 0.6) is 0 Å². The molecule has 0 bridgehead atoms. The highest BCUT2D eigenvalue weighted by Crippen LogP contribution is 2.32. The van der Waals surface area contributed by atoms with Crippen LogP contribution in [0, 0.1) is 5.92 Å². The predicted octanol–water partition coefficient (Wildman–Crippen LogP) is 2.05. The van der Waals surface area contributed by atoms with E-state index in [1.54, 1.807) is 0 Å². The highest BCUT2D eigenvalue weighted by Gasteiger charge is 2.47. The van der Waals surface area contributed by atoms with Crippen molar-refractivity contribution >= 4 is 11.9 Å². The highest BCUT2D eigenvalue weighted by atomic mass is 16.7. The molecule has 1 fully saturated rings. The molecule has 1 rings (SSSR count). The van der Waals surface area contributed by atoms with E-state index in [0.29, 0.717) is 6.61 Å². The maximum absolute atomic E-state index is 11.4. The fraction of sp³-hybridized carbons (Fsp3) is 0.867. The Balaban J connectivity index is 2.97. The van der Waals surface area contributed by atoms with Gasteiger partial charge in [-0.3, -0.25) is 9.59 Å². The molecule has 0 unspecified atom stereocenters. The van der Waals surface area contributed by atoms with Gasteiger partial charge in [0.1, 0.15) is 6.10 Å². The Hall–Kier alpha value is -1.14. The standard InChI is InChI=1S/C15H26O6/c1-6-8-18-15-14(20-11(5)17)13(19-10(4)16)9(3)12(7-2)21-15/h9,12-15H,6-8H2,1-5H3/t9-,12-,13+,14-,15-/m1/s1. The highest BCUT2D eigenvalue weighted by molar-refractivity contribution is 5.67. The van der Waals surface area contributed by atoms with E-state index < -0.39 is 30.4 Å². The maximum atomic E-state index is 11.4. The predicted molar refractivity (Wildman–Crippen MR) is 75.5 cm³/mol. The second-order valence-electron chi connectivity index (χ2n) is 5.33. The first-order valence-corrected chi connectivity index (χ1v) is 7.52. The van der Waals surface area contributed by atoms with Crippen LogP contribution in [0.25, 0.3) is 0 Å². The third-order valence-corrected chi connectivity index (χ3v) is 3.50. The van der Waals surface area contributed by atoms with Crippen molar-refractivity contribution in [2.24, 2.45) is 5.92 Å². The second-order valence-corrected chi connectivity index (χ2v) is 5.33. The monoisotopic (exact) mass is 302 g/mol. The smallest absolute Gasteiger partial charge is 0.303 e. The van der Waals surface area contributed by atoms with E-state index in [1.807, 2.05) is 20.8 Å². The van der Waals surface area contributed by atoms with Gasteiger partial charge in [-0.1, -0.05) is 20.8 Å². The molecule has 1 aliphatic rings. The van der Waals surface area contributed by atoms with Gasteiger partial charge in [-0.05, 0) is 12.8 Å². The van der Waals surface area contributed by atoms with Gasteiger partial charge in [-0.2, -0.15) is 0 Å². The van der Waals surface area contributed by atoms with E-state index in [0.717, 1.165) is 12.8 Å². The molecule has 1 aliphatic heterocycles. The quantitative estimate of drug-likeness (QED) is 0.699. The van der Waals surface area contributed by atoms with Crippen molar-refractivity contribution in [2.75, 3.05) is 6.61 Å². The number of rotatable bonds is 6. The first-order valence-electron chi connectivity index (χ1n) is 7.52. The molecule has 0 radical (unpaired) electrons. The van der Waals surface area contributed by atoms with Crippen molar-refractivity contribution in [3.63, 3.8) is 0 Å². The topological polar surface area (TPSA) is 71.1 Å². The molecule has 0 spiro atoms. The van der Waals surface area contributed by atoms with Crippen LogP contribution in [0.15, 0.2) is 0 Å². The normalized spacial score (nSPS) is 32.5. The van der Waals surface area contributed by atoms with E-state index in [-0.39, 0.29) is 12.0 Å². The molecule has 0 aromatic heterocycles. The minimum atomic E-state index is -0.740. The fourth-order valence-corrected chi connectivity index (χ4v) is 2.56. The van der Waals surface area contributed by atoms with Gasteiger partial charge in [0.2, 0.25) is 0 Å². The van der Waals surface area contributed by atoms with Gasteiger partial charge in [-0.15, -0.1) is 0 Å². The van der Waals surface area contributed by atoms with Crippen LogP contribution in [0.3, 0.4) is 0 Å². The number of carbonyl (C=O) groups is 2. The van der Waals surface area contributed by atoms with Crippen LogP contribution in [0.4, 0.5) is 0 Å². The lowest BCUT2D eigenvalue weighted by molar-refractivity contribution is -0.290. The molecule has 6 nitrogen and oxygen atoms in total. The number of hydrogen-bond acceptors (Lipinski definition) is 6. The Morgan fingerprint density at radius 1 is 1.05 bits per heavy atom. The van der Waals surface area contributed by atoms with Gasteiger partial charge in [0.15, 0.2) is 12.4 Å². The van der Waals surface area contributed by atoms with Gasteiger partial charge in [0, 0.05) is 26.4 Å². The summed E-state index contributed by atoms with van der Waals surface area (Å²) in [5.74, 6) is -0.937. The van der Waals surface area contributed by atoms with E-state index in [9.17, 15) is 9.59 Å². The minimum absolute atomic E-state index is 0.0790. The molecule has 6 heteroatoms. The van der Waals surface area contributed by atoms with E-state index in [1.165, 1.54) is 13.8 Å². The largest absolute Gasteiger partial charge is 0.458 e. The zero-order valence-corrected chi connectivity index (χ0v) is 13.5. The van der Waals surface area contributed by atoms with Gasteiger partial charge in [0.25, 0.3) is 0 Å². The zero-order chi connectivity index (χ0) is 16.0. The van der Waals surface area contributed by atoms with Gasteiger partial charge < -0.3 is 18.9 Å². The lowest BCUT2D eigenvalue weighted by atomic mass is 9.89. The molecular formula is C15H26O6. The molecule has 122 valence electrons. The summed E-state index contributed by atoms with van der Waals surface area (Å²) >= 11 is 0. The van der Waals surface area contributed by atoms with Crippen molar-refractivity contribution in [1.29, 1.82) is 0 Å². The second kappa shape index (κ2) is 8.34. The number of esters is 2. The van der Waals surface area contributed by atoms with Crippen LogP contribution in [0.2, 0.25) is 0 Å². The van der Waals surface area contributed by atoms with Crippen LogP contribution in [-0.4, -0.2) is 43.1 Å². The van der Waals surface area contributed by atoms with Crippen LogP contribution in [0.1, 0.15) is 47.5 Å². The third-order valence-electron chi connectivity index (χ3n) is 3.50. The first-order chi connectivity index (χ1) is 9.90. The Bertz CT molecular complexity index is 356. The lowest BCUT2D eigenvalue weighted by Crippen LogP contribution is -2.57. The molecule has 0 aliphatic carbocycles. The molecular weight excluding hydrogens is 276 g/mol. The van der Waals surface area contributed by atoms with Crippen LogP contribution < -0.4 is 0 Å². The van der Waals surface area contributed by atoms with Crippen molar-refractivity contribution < 1.29 is 28.5 Å². The molecule has 21 heavy (non-hydrogen) atoms. The molecule has 5 atom stereocenters. The zero-order valence-electron chi connectivity index (χ0n) is 13.5. The van der Waals surface area contributed by atoms with Gasteiger partial charge >= 0.3 is 11.9 Å². The van der Waals surface area contributed by atoms with Crippen molar-refractivity contribution in [2.45, 2.75) is 72.1 Å². The summed E-state index contributed by atoms with van der Waals surface area (Å²) in [6.07, 6.45) is -0.542. The number of carbonyl (C=O) groups excluding carboxylic acids is 2. The molecule has 0 aromatic rings. The maximum Gasteiger partial charge on any atom is 0.303 e. The summed E-state index contributed by atoms with van der Waals surface area (Å²) in [4.78, 5) is 22.7. The summed E-state index contributed by atoms with van der Waals surface area (Å²) in [7, 11) is 0. The Morgan fingerprint density at radius 2 is 1.62 bits per heavy atom. The average molecular weight is 302 g/mol. The van der Waals surface area contributed by atoms with E-state index >= 15 is 0 Å². The Labute approximate surface area is 126 Å². The van der Waals surface area contributed by atoms with Crippen LogP contribution in [-0.2, 0) is 28.5 Å². The van der Waals surface area contributed by atoms with Gasteiger partial charge in [0.05, 0.1) is 6.10 Å². The molecule has 0 aromatic carbocycles. The molecule has 1 saturated heterocycles.